The number of methoxy groups -OCH3 is 2. The van der Waals surface area contributed by atoms with E-state index in [1.165, 1.54) is 5.56 Å². The lowest BCUT2D eigenvalue weighted by Gasteiger charge is -2.12. The number of guanidine groups is 1. The predicted octanol–water partition coefficient (Wildman–Crippen LogP) is 2.66. The number of aliphatic imine (C=N–C) groups is 1. The Hall–Kier alpha value is -2.76. The van der Waals surface area contributed by atoms with E-state index in [1.54, 1.807) is 14.2 Å². The van der Waals surface area contributed by atoms with Gasteiger partial charge in [-0.15, -0.1) is 0 Å². The third kappa shape index (κ3) is 5.67. The van der Waals surface area contributed by atoms with Crippen LogP contribution in [0.2, 0.25) is 0 Å². The zero-order chi connectivity index (χ0) is 18.1. The fourth-order valence-corrected chi connectivity index (χ4v) is 2.33. The number of aryl methyl sites for hydroxylation is 1. The number of hydrogen-bond acceptors (Lipinski definition) is 4. The summed E-state index contributed by atoms with van der Waals surface area (Å²) in [6, 6.07) is 11.8. The molecule has 134 valence electrons. The molecule has 0 saturated heterocycles. The SMILES string of the molecule is CCNC(=NCc1ccc(C)cc1OC)NCc1cccc(OC)n1. The molecule has 0 bridgehead atoms. The molecule has 2 N–H and O–H groups in total. The van der Waals surface area contributed by atoms with Crippen LogP contribution < -0.4 is 20.1 Å². The molecule has 1 heterocycles. The summed E-state index contributed by atoms with van der Waals surface area (Å²) in [6.07, 6.45) is 0. The summed E-state index contributed by atoms with van der Waals surface area (Å²) in [5.74, 6) is 2.19. The van der Waals surface area contributed by atoms with E-state index in [-0.39, 0.29) is 0 Å². The van der Waals surface area contributed by atoms with Gasteiger partial charge in [0.15, 0.2) is 5.96 Å². The zero-order valence-electron chi connectivity index (χ0n) is 15.3. The molecule has 0 aliphatic rings. The second kappa shape index (κ2) is 9.52. The van der Waals surface area contributed by atoms with Gasteiger partial charge in [0.1, 0.15) is 5.75 Å². The molecule has 2 aromatic rings. The quantitative estimate of drug-likeness (QED) is 0.598. The van der Waals surface area contributed by atoms with Crippen molar-refractivity contribution in [1.29, 1.82) is 0 Å². The molecule has 0 atom stereocenters. The van der Waals surface area contributed by atoms with Crippen LogP contribution in [0.5, 0.6) is 11.6 Å². The molecular formula is C19H26N4O2. The van der Waals surface area contributed by atoms with E-state index in [2.05, 4.69) is 26.7 Å². The minimum atomic E-state index is 0.532. The first-order valence-corrected chi connectivity index (χ1v) is 8.32. The number of rotatable bonds is 7. The number of hydrogen-bond donors (Lipinski definition) is 2. The number of aromatic nitrogens is 1. The summed E-state index contributed by atoms with van der Waals surface area (Å²) in [5, 5.41) is 6.53. The summed E-state index contributed by atoms with van der Waals surface area (Å²) in [5.41, 5.74) is 3.10. The van der Waals surface area contributed by atoms with Crippen LogP contribution in [0.4, 0.5) is 0 Å². The molecule has 0 fully saturated rings. The molecule has 0 saturated carbocycles. The van der Waals surface area contributed by atoms with Crippen molar-refractivity contribution in [3.05, 3.63) is 53.2 Å². The number of ether oxygens (including phenoxy) is 2. The minimum absolute atomic E-state index is 0.532. The summed E-state index contributed by atoms with van der Waals surface area (Å²) in [7, 11) is 3.29. The molecule has 6 heteroatoms. The van der Waals surface area contributed by atoms with E-state index < -0.39 is 0 Å². The van der Waals surface area contributed by atoms with Gasteiger partial charge in [0.2, 0.25) is 5.88 Å². The second-order valence-corrected chi connectivity index (χ2v) is 5.54. The molecule has 0 radical (unpaired) electrons. The normalized spacial score (nSPS) is 11.1. The first kappa shape index (κ1) is 18.6. The fourth-order valence-electron chi connectivity index (χ4n) is 2.33. The number of pyridine rings is 1. The molecule has 25 heavy (non-hydrogen) atoms. The van der Waals surface area contributed by atoms with E-state index in [1.807, 2.05) is 44.2 Å². The van der Waals surface area contributed by atoms with Crippen molar-refractivity contribution in [3.8, 4) is 11.6 Å². The standard InChI is InChI=1S/C19H26N4O2/c1-5-20-19(22-13-16-7-6-8-18(23-16)25-4)21-12-15-10-9-14(2)11-17(15)24-3/h6-11H,5,12-13H2,1-4H3,(H2,20,21,22). The number of benzene rings is 1. The van der Waals surface area contributed by atoms with E-state index >= 15 is 0 Å². The number of nitrogens with one attached hydrogen (secondary N) is 2. The Labute approximate surface area is 149 Å². The average Bonchev–Trinajstić information content (AvgIpc) is 2.64. The molecule has 0 aliphatic heterocycles. The van der Waals surface area contributed by atoms with Crippen LogP contribution in [0.15, 0.2) is 41.4 Å². The molecule has 1 aromatic carbocycles. The lowest BCUT2D eigenvalue weighted by Crippen LogP contribution is -2.37. The number of nitrogens with zero attached hydrogens (tertiary/aromatic N) is 2. The van der Waals surface area contributed by atoms with Crippen LogP contribution >= 0.6 is 0 Å². The van der Waals surface area contributed by atoms with Gasteiger partial charge >= 0.3 is 0 Å². The van der Waals surface area contributed by atoms with Crippen molar-refractivity contribution in [2.75, 3.05) is 20.8 Å². The van der Waals surface area contributed by atoms with Gasteiger partial charge in [0, 0.05) is 18.2 Å². The molecule has 6 nitrogen and oxygen atoms in total. The topological polar surface area (TPSA) is 67.8 Å². The maximum Gasteiger partial charge on any atom is 0.213 e. The van der Waals surface area contributed by atoms with Crippen molar-refractivity contribution < 1.29 is 9.47 Å². The van der Waals surface area contributed by atoms with Crippen molar-refractivity contribution in [2.45, 2.75) is 26.9 Å². The molecule has 1 aromatic heterocycles. The van der Waals surface area contributed by atoms with Gasteiger partial charge in [-0.1, -0.05) is 18.2 Å². The maximum absolute atomic E-state index is 5.44. The smallest absolute Gasteiger partial charge is 0.213 e. The zero-order valence-corrected chi connectivity index (χ0v) is 15.3. The highest BCUT2D eigenvalue weighted by Crippen LogP contribution is 2.20. The highest BCUT2D eigenvalue weighted by Gasteiger charge is 2.04. The van der Waals surface area contributed by atoms with E-state index in [0.717, 1.165) is 29.5 Å². The third-order valence-corrected chi connectivity index (χ3v) is 3.62. The largest absolute Gasteiger partial charge is 0.496 e. The Morgan fingerprint density at radius 1 is 1.12 bits per heavy atom. The molecule has 0 spiro atoms. The highest BCUT2D eigenvalue weighted by molar-refractivity contribution is 5.79. The first-order chi connectivity index (χ1) is 12.2. The Bertz CT molecular complexity index is 716. The predicted molar refractivity (Wildman–Crippen MR) is 100 cm³/mol. The van der Waals surface area contributed by atoms with Crippen LogP contribution in [0.3, 0.4) is 0 Å². The van der Waals surface area contributed by atoms with E-state index in [0.29, 0.717) is 19.0 Å². The Balaban J connectivity index is 2.05. The van der Waals surface area contributed by atoms with Gasteiger partial charge in [-0.05, 0) is 31.5 Å². The van der Waals surface area contributed by atoms with Crippen molar-refractivity contribution in [3.63, 3.8) is 0 Å². The van der Waals surface area contributed by atoms with Crippen LogP contribution in [-0.2, 0) is 13.1 Å². The first-order valence-electron chi connectivity index (χ1n) is 8.32. The van der Waals surface area contributed by atoms with E-state index in [9.17, 15) is 0 Å². The molecule has 0 aliphatic carbocycles. The lowest BCUT2D eigenvalue weighted by atomic mass is 10.1. The Kier molecular flexibility index (Phi) is 7.07. The molecule has 2 rings (SSSR count). The van der Waals surface area contributed by atoms with E-state index in [4.69, 9.17) is 9.47 Å². The highest BCUT2D eigenvalue weighted by atomic mass is 16.5. The van der Waals surface area contributed by atoms with Gasteiger partial charge in [-0.25, -0.2) is 9.98 Å². The van der Waals surface area contributed by atoms with Crippen molar-refractivity contribution >= 4 is 5.96 Å². The van der Waals surface area contributed by atoms with Gasteiger partial charge in [-0.2, -0.15) is 0 Å². The summed E-state index contributed by atoms with van der Waals surface area (Å²) < 4.78 is 10.6. The van der Waals surface area contributed by atoms with Gasteiger partial charge in [0.05, 0.1) is 33.0 Å². The van der Waals surface area contributed by atoms with Crippen molar-refractivity contribution in [1.82, 2.24) is 15.6 Å². The van der Waals surface area contributed by atoms with Crippen LogP contribution in [-0.4, -0.2) is 31.7 Å². The molecular weight excluding hydrogens is 316 g/mol. The third-order valence-electron chi connectivity index (χ3n) is 3.62. The Morgan fingerprint density at radius 2 is 1.96 bits per heavy atom. The maximum atomic E-state index is 5.44. The summed E-state index contributed by atoms with van der Waals surface area (Å²) >= 11 is 0. The summed E-state index contributed by atoms with van der Waals surface area (Å²) in [4.78, 5) is 9.03. The molecule has 0 amide bonds. The monoisotopic (exact) mass is 342 g/mol. The summed E-state index contributed by atoms with van der Waals surface area (Å²) in [6.45, 7) is 5.95. The minimum Gasteiger partial charge on any atom is -0.496 e. The molecule has 0 unspecified atom stereocenters. The Morgan fingerprint density at radius 3 is 2.68 bits per heavy atom. The van der Waals surface area contributed by atoms with Crippen molar-refractivity contribution in [2.24, 2.45) is 4.99 Å². The van der Waals surface area contributed by atoms with Crippen LogP contribution in [0.1, 0.15) is 23.7 Å². The van der Waals surface area contributed by atoms with Gasteiger partial charge in [0.25, 0.3) is 0 Å². The van der Waals surface area contributed by atoms with Gasteiger partial charge < -0.3 is 20.1 Å². The fraction of sp³-hybridized carbons (Fsp3) is 0.368. The van der Waals surface area contributed by atoms with Gasteiger partial charge in [-0.3, -0.25) is 0 Å². The average molecular weight is 342 g/mol. The van der Waals surface area contributed by atoms with Crippen LogP contribution in [0.25, 0.3) is 0 Å². The second-order valence-electron chi connectivity index (χ2n) is 5.54. The lowest BCUT2D eigenvalue weighted by molar-refractivity contribution is 0.396. The van der Waals surface area contributed by atoms with Crippen LogP contribution in [0, 0.1) is 6.92 Å².